The lowest BCUT2D eigenvalue weighted by Crippen LogP contribution is -2.39. The second-order valence-corrected chi connectivity index (χ2v) is 5.49. The number of hydrogen-bond acceptors (Lipinski definition) is 4. The van der Waals surface area contributed by atoms with Gasteiger partial charge in [-0.3, -0.25) is 4.90 Å². The van der Waals surface area contributed by atoms with Crippen LogP contribution in [0.5, 0.6) is 11.5 Å². The molecule has 0 aromatic heterocycles. The third kappa shape index (κ3) is 3.78. The van der Waals surface area contributed by atoms with Gasteiger partial charge in [0.25, 0.3) is 0 Å². The zero-order valence-electron chi connectivity index (χ0n) is 12.1. The molecule has 1 unspecified atom stereocenters. The molecular weight excluding hydrogens is 278 g/mol. The van der Waals surface area contributed by atoms with E-state index < -0.39 is 0 Å². The van der Waals surface area contributed by atoms with Gasteiger partial charge in [-0.25, -0.2) is 0 Å². The van der Waals surface area contributed by atoms with Crippen molar-refractivity contribution in [3.05, 3.63) is 22.7 Å². The molecule has 112 valence electrons. The van der Waals surface area contributed by atoms with Crippen LogP contribution in [0.2, 0.25) is 5.02 Å². The fourth-order valence-corrected chi connectivity index (χ4v) is 2.89. The van der Waals surface area contributed by atoms with Crippen molar-refractivity contribution >= 4 is 11.6 Å². The molecule has 5 heteroatoms. The highest BCUT2D eigenvalue weighted by Crippen LogP contribution is 2.35. The van der Waals surface area contributed by atoms with Crippen molar-refractivity contribution in [3.8, 4) is 11.5 Å². The molecule has 2 rings (SSSR count). The monoisotopic (exact) mass is 299 g/mol. The molecule has 0 spiro atoms. The summed E-state index contributed by atoms with van der Waals surface area (Å²) < 4.78 is 10.8. The molecule has 20 heavy (non-hydrogen) atoms. The average molecular weight is 300 g/mol. The predicted octanol–water partition coefficient (Wildman–Crippen LogP) is 3.06. The number of piperidine rings is 1. The Bertz CT molecular complexity index is 451. The van der Waals surface area contributed by atoms with Gasteiger partial charge in [-0.1, -0.05) is 11.6 Å². The summed E-state index contributed by atoms with van der Waals surface area (Å²) in [4.78, 5) is 2.35. The second kappa shape index (κ2) is 7.16. The SMILES string of the molecule is CCOC1CCCN(Cc2cc(Cl)c(O)c(OC)c2)C1. The van der Waals surface area contributed by atoms with Crippen LogP contribution in [0.25, 0.3) is 0 Å². The fraction of sp³-hybridized carbons (Fsp3) is 0.600. The van der Waals surface area contributed by atoms with E-state index in [-0.39, 0.29) is 5.75 Å². The molecule has 0 radical (unpaired) electrons. The van der Waals surface area contributed by atoms with Gasteiger partial charge in [-0.15, -0.1) is 0 Å². The molecule has 4 nitrogen and oxygen atoms in total. The summed E-state index contributed by atoms with van der Waals surface area (Å²) in [5.74, 6) is 0.426. The standard InChI is InChI=1S/C15H22ClNO3/c1-3-20-12-5-4-6-17(10-12)9-11-7-13(16)15(18)14(8-11)19-2/h7-8,12,18H,3-6,9-10H2,1-2H3. The summed E-state index contributed by atoms with van der Waals surface area (Å²) in [7, 11) is 1.53. The Morgan fingerprint density at radius 2 is 2.25 bits per heavy atom. The molecular formula is C15H22ClNO3. The number of likely N-dealkylation sites (tertiary alicyclic amines) is 1. The molecule has 1 heterocycles. The van der Waals surface area contributed by atoms with Crippen LogP contribution < -0.4 is 4.74 Å². The molecule has 0 saturated carbocycles. The maximum Gasteiger partial charge on any atom is 0.176 e. The van der Waals surface area contributed by atoms with Crippen LogP contribution in [-0.2, 0) is 11.3 Å². The average Bonchev–Trinajstić information content (AvgIpc) is 2.43. The smallest absolute Gasteiger partial charge is 0.176 e. The molecule has 1 aromatic carbocycles. The third-order valence-corrected chi connectivity index (χ3v) is 3.87. The maximum absolute atomic E-state index is 9.75. The molecule has 1 N–H and O–H groups in total. The van der Waals surface area contributed by atoms with E-state index in [1.807, 2.05) is 13.0 Å². The number of rotatable bonds is 5. The van der Waals surface area contributed by atoms with Crippen LogP contribution in [-0.4, -0.2) is 42.9 Å². The van der Waals surface area contributed by atoms with E-state index >= 15 is 0 Å². The lowest BCUT2D eigenvalue weighted by molar-refractivity contribution is 0.00362. The van der Waals surface area contributed by atoms with Gasteiger partial charge in [0.05, 0.1) is 18.2 Å². The molecule has 1 aromatic rings. The van der Waals surface area contributed by atoms with Crippen LogP contribution in [0.4, 0.5) is 0 Å². The van der Waals surface area contributed by atoms with Crippen LogP contribution in [0.3, 0.4) is 0 Å². The minimum absolute atomic E-state index is 0.00348. The van der Waals surface area contributed by atoms with Crippen molar-refractivity contribution in [2.45, 2.75) is 32.4 Å². The van der Waals surface area contributed by atoms with E-state index in [1.165, 1.54) is 7.11 Å². The predicted molar refractivity (Wildman–Crippen MR) is 79.6 cm³/mol. The van der Waals surface area contributed by atoms with E-state index in [1.54, 1.807) is 6.07 Å². The first-order chi connectivity index (χ1) is 9.63. The number of nitrogens with zero attached hydrogens (tertiary/aromatic N) is 1. The molecule has 1 atom stereocenters. The molecule has 1 fully saturated rings. The molecule has 0 bridgehead atoms. The summed E-state index contributed by atoms with van der Waals surface area (Å²) in [5.41, 5.74) is 1.04. The van der Waals surface area contributed by atoms with Crippen molar-refractivity contribution < 1.29 is 14.6 Å². The number of phenolic OH excluding ortho intramolecular Hbond substituents is 1. The van der Waals surface area contributed by atoms with Crippen molar-refractivity contribution in [3.63, 3.8) is 0 Å². The van der Waals surface area contributed by atoms with Crippen molar-refractivity contribution in [2.75, 3.05) is 26.8 Å². The largest absolute Gasteiger partial charge is 0.503 e. The van der Waals surface area contributed by atoms with Crippen LogP contribution in [0.15, 0.2) is 12.1 Å². The number of aromatic hydroxyl groups is 1. The quantitative estimate of drug-likeness (QED) is 0.907. The molecule has 0 aliphatic carbocycles. The summed E-state index contributed by atoms with van der Waals surface area (Å²) in [6, 6.07) is 3.63. The Kier molecular flexibility index (Phi) is 5.52. The van der Waals surface area contributed by atoms with E-state index in [2.05, 4.69) is 4.90 Å². The molecule has 1 aliphatic rings. The molecule has 0 amide bonds. The van der Waals surface area contributed by atoms with E-state index in [0.29, 0.717) is 16.9 Å². The normalized spacial score (nSPS) is 20.1. The third-order valence-electron chi connectivity index (χ3n) is 3.58. The minimum atomic E-state index is 0.00348. The van der Waals surface area contributed by atoms with Gasteiger partial charge in [-0.2, -0.15) is 0 Å². The highest BCUT2D eigenvalue weighted by Gasteiger charge is 2.20. The van der Waals surface area contributed by atoms with Gasteiger partial charge in [-0.05, 0) is 44.0 Å². The Morgan fingerprint density at radius 1 is 1.45 bits per heavy atom. The Morgan fingerprint density at radius 3 is 2.95 bits per heavy atom. The van der Waals surface area contributed by atoms with Crippen LogP contribution in [0, 0.1) is 0 Å². The highest BCUT2D eigenvalue weighted by molar-refractivity contribution is 6.32. The Hall–Kier alpha value is -0.970. The summed E-state index contributed by atoms with van der Waals surface area (Å²) in [6.07, 6.45) is 2.60. The van der Waals surface area contributed by atoms with E-state index in [0.717, 1.165) is 44.6 Å². The van der Waals surface area contributed by atoms with E-state index in [9.17, 15) is 5.11 Å². The first-order valence-electron chi connectivity index (χ1n) is 7.03. The molecule has 1 aliphatic heterocycles. The first kappa shape index (κ1) is 15.4. The minimum Gasteiger partial charge on any atom is -0.503 e. The Balaban J connectivity index is 2.04. The van der Waals surface area contributed by atoms with Crippen LogP contribution in [0.1, 0.15) is 25.3 Å². The van der Waals surface area contributed by atoms with E-state index in [4.69, 9.17) is 21.1 Å². The Labute approximate surface area is 125 Å². The topological polar surface area (TPSA) is 41.9 Å². The van der Waals surface area contributed by atoms with Crippen molar-refractivity contribution in [1.29, 1.82) is 0 Å². The maximum atomic E-state index is 9.75. The lowest BCUT2D eigenvalue weighted by atomic mass is 10.1. The highest BCUT2D eigenvalue weighted by atomic mass is 35.5. The summed E-state index contributed by atoms with van der Waals surface area (Å²) in [5, 5.41) is 10.1. The van der Waals surface area contributed by atoms with Gasteiger partial charge in [0.15, 0.2) is 11.5 Å². The number of phenols is 1. The van der Waals surface area contributed by atoms with Gasteiger partial charge in [0.1, 0.15) is 0 Å². The molecule has 1 saturated heterocycles. The van der Waals surface area contributed by atoms with Gasteiger partial charge >= 0.3 is 0 Å². The zero-order valence-corrected chi connectivity index (χ0v) is 12.8. The van der Waals surface area contributed by atoms with Crippen molar-refractivity contribution in [1.82, 2.24) is 4.90 Å². The van der Waals surface area contributed by atoms with Crippen molar-refractivity contribution in [2.24, 2.45) is 0 Å². The first-order valence-corrected chi connectivity index (χ1v) is 7.41. The van der Waals surface area contributed by atoms with Gasteiger partial charge < -0.3 is 14.6 Å². The second-order valence-electron chi connectivity index (χ2n) is 5.08. The number of hydrogen-bond donors (Lipinski definition) is 1. The van der Waals surface area contributed by atoms with Gasteiger partial charge in [0.2, 0.25) is 0 Å². The number of ether oxygens (including phenoxy) is 2. The zero-order chi connectivity index (χ0) is 14.5. The number of benzene rings is 1. The van der Waals surface area contributed by atoms with Gasteiger partial charge in [0, 0.05) is 19.7 Å². The number of methoxy groups -OCH3 is 1. The number of halogens is 1. The fourth-order valence-electron chi connectivity index (χ4n) is 2.66. The lowest BCUT2D eigenvalue weighted by Gasteiger charge is -2.32. The summed E-state index contributed by atoms with van der Waals surface area (Å²) in [6.45, 7) is 5.58. The van der Waals surface area contributed by atoms with Crippen LogP contribution >= 0.6 is 11.6 Å². The summed E-state index contributed by atoms with van der Waals surface area (Å²) >= 11 is 6.02.